The van der Waals surface area contributed by atoms with Gasteiger partial charge in [-0.3, -0.25) is 4.79 Å². The van der Waals surface area contributed by atoms with Crippen molar-refractivity contribution in [2.24, 2.45) is 5.73 Å². The SMILES string of the molecule is COc1ccc(C(N)CC(=O)O)cc1.c1ccccc1. The summed E-state index contributed by atoms with van der Waals surface area (Å²) < 4.78 is 4.97. The van der Waals surface area contributed by atoms with Gasteiger partial charge in [0.25, 0.3) is 0 Å². The monoisotopic (exact) mass is 273 g/mol. The number of carbonyl (C=O) groups is 1. The first-order valence-corrected chi connectivity index (χ1v) is 6.25. The highest BCUT2D eigenvalue weighted by Gasteiger charge is 2.09. The van der Waals surface area contributed by atoms with Gasteiger partial charge in [0.05, 0.1) is 13.5 Å². The third-order valence-electron chi connectivity index (χ3n) is 2.61. The van der Waals surface area contributed by atoms with Crippen LogP contribution in [0.25, 0.3) is 0 Å². The zero-order valence-electron chi connectivity index (χ0n) is 11.4. The molecule has 0 aliphatic rings. The molecule has 0 aromatic heterocycles. The number of carboxylic acids is 1. The van der Waals surface area contributed by atoms with E-state index in [2.05, 4.69) is 0 Å². The normalized spacial score (nSPS) is 10.9. The van der Waals surface area contributed by atoms with Crippen LogP contribution >= 0.6 is 0 Å². The summed E-state index contributed by atoms with van der Waals surface area (Å²) >= 11 is 0. The summed E-state index contributed by atoms with van der Waals surface area (Å²) in [4.78, 5) is 10.4. The van der Waals surface area contributed by atoms with Gasteiger partial charge in [-0.1, -0.05) is 48.5 Å². The Labute approximate surface area is 118 Å². The van der Waals surface area contributed by atoms with Crippen molar-refractivity contribution in [1.82, 2.24) is 0 Å². The molecule has 0 fully saturated rings. The smallest absolute Gasteiger partial charge is 0.305 e. The summed E-state index contributed by atoms with van der Waals surface area (Å²) in [6, 6.07) is 18.6. The van der Waals surface area contributed by atoms with E-state index in [-0.39, 0.29) is 6.42 Å². The Kier molecular flexibility index (Phi) is 6.85. The first kappa shape index (κ1) is 15.7. The molecular weight excluding hydrogens is 254 g/mol. The largest absolute Gasteiger partial charge is 0.497 e. The highest BCUT2D eigenvalue weighted by Crippen LogP contribution is 2.17. The molecule has 4 heteroatoms. The quantitative estimate of drug-likeness (QED) is 0.898. The molecule has 0 aliphatic carbocycles. The maximum Gasteiger partial charge on any atom is 0.305 e. The number of aliphatic carboxylic acids is 1. The predicted molar refractivity (Wildman–Crippen MR) is 78.6 cm³/mol. The highest BCUT2D eigenvalue weighted by molar-refractivity contribution is 5.67. The molecule has 0 radical (unpaired) electrons. The lowest BCUT2D eigenvalue weighted by Gasteiger charge is -2.09. The molecule has 106 valence electrons. The van der Waals surface area contributed by atoms with Crippen molar-refractivity contribution in [3.8, 4) is 5.75 Å². The second-order valence-electron chi connectivity index (χ2n) is 4.13. The topological polar surface area (TPSA) is 72.5 Å². The Bertz CT molecular complexity index is 470. The molecule has 0 heterocycles. The number of rotatable bonds is 4. The summed E-state index contributed by atoms with van der Waals surface area (Å²) in [6.45, 7) is 0. The van der Waals surface area contributed by atoms with Crippen LogP contribution in [0.5, 0.6) is 5.75 Å². The number of benzene rings is 2. The summed E-state index contributed by atoms with van der Waals surface area (Å²) in [6.07, 6.45) is -0.0632. The van der Waals surface area contributed by atoms with Crippen molar-refractivity contribution in [2.75, 3.05) is 7.11 Å². The van der Waals surface area contributed by atoms with Crippen LogP contribution in [0.15, 0.2) is 60.7 Å². The maximum absolute atomic E-state index is 10.4. The lowest BCUT2D eigenvalue weighted by atomic mass is 10.1. The number of carboxylic acid groups (broad SMARTS) is 1. The predicted octanol–water partition coefficient (Wildman–Crippen LogP) is 2.86. The first-order chi connectivity index (χ1) is 9.63. The van der Waals surface area contributed by atoms with Gasteiger partial charge in [-0.05, 0) is 17.7 Å². The first-order valence-electron chi connectivity index (χ1n) is 6.25. The Morgan fingerprint density at radius 2 is 1.55 bits per heavy atom. The Balaban J connectivity index is 0.000000276. The standard InChI is InChI=1S/C10H13NO3.C6H6/c1-14-8-4-2-7(3-5-8)9(11)6-10(12)13;1-2-4-6-5-3-1/h2-5,9H,6,11H2,1H3,(H,12,13);1-6H. The molecule has 0 saturated heterocycles. The molecular formula is C16H19NO3. The summed E-state index contributed by atoms with van der Waals surface area (Å²) in [5.74, 6) is -0.162. The average Bonchev–Trinajstić information content (AvgIpc) is 2.49. The minimum Gasteiger partial charge on any atom is -0.497 e. The zero-order chi connectivity index (χ0) is 14.8. The van der Waals surface area contributed by atoms with Crippen LogP contribution < -0.4 is 10.5 Å². The summed E-state index contributed by atoms with van der Waals surface area (Å²) in [5, 5.41) is 8.54. The second kappa shape index (κ2) is 8.72. The molecule has 0 spiro atoms. The van der Waals surface area contributed by atoms with E-state index in [9.17, 15) is 4.79 Å². The van der Waals surface area contributed by atoms with Crippen LogP contribution in [0.3, 0.4) is 0 Å². The Hall–Kier alpha value is -2.33. The van der Waals surface area contributed by atoms with E-state index < -0.39 is 12.0 Å². The van der Waals surface area contributed by atoms with Gasteiger partial charge in [0.15, 0.2) is 0 Å². The number of methoxy groups -OCH3 is 1. The fraction of sp³-hybridized carbons (Fsp3) is 0.188. The van der Waals surface area contributed by atoms with E-state index in [1.807, 2.05) is 36.4 Å². The van der Waals surface area contributed by atoms with Crippen molar-refractivity contribution >= 4 is 5.97 Å². The molecule has 4 nitrogen and oxygen atoms in total. The number of hydrogen-bond donors (Lipinski definition) is 2. The lowest BCUT2D eigenvalue weighted by molar-refractivity contribution is -0.137. The van der Waals surface area contributed by atoms with E-state index in [0.29, 0.717) is 0 Å². The van der Waals surface area contributed by atoms with Crippen LogP contribution in [0.4, 0.5) is 0 Å². The van der Waals surface area contributed by atoms with Crippen LogP contribution in [-0.4, -0.2) is 18.2 Å². The molecule has 2 rings (SSSR count). The van der Waals surface area contributed by atoms with Gasteiger partial charge in [0.2, 0.25) is 0 Å². The number of nitrogens with two attached hydrogens (primary N) is 1. The zero-order valence-corrected chi connectivity index (χ0v) is 11.4. The molecule has 0 amide bonds. The number of ether oxygens (including phenoxy) is 1. The van der Waals surface area contributed by atoms with Gasteiger partial charge in [-0.15, -0.1) is 0 Å². The van der Waals surface area contributed by atoms with Gasteiger partial charge in [0, 0.05) is 6.04 Å². The van der Waals surface area contributed by atoms with Crippen molar-refractivity contribution in [2.45, 2.75) is 12.5 Å². The lowest BCUT2D eigenvalue weighted by Crippen LogP contribution is -2.14. The van der Waals surface area contributed by atoms with E-state index >= 15 is 0 Å². The summed E-state index contributed by atoms with van der Waals surface area (Å²) in [5.41, 5.74) is 6.47. The molecule has 2 aromatic rings. The summed E-state index contributed by atoms with van der Waals surface area (Å²) in [7, 11) is 1.58. The highest BCUT2D eigenvalue weighted by atomic mass is 16.5. The molecule has 2 aromatic carbocycles. The molecule has 0 saturated carbocycles. The van der Waals surface area contributed by atoms with Crippen LogP contribution in [0.2, 0.25) is 0 Å². The van der Waals surface area contributed by atoms with Crippen LogP contribution in [0, 0.1) is 0 Å². The molecule has 0 aliphatic heterocycles. The van der Waals surface area contributed by atoms with Crippen molar-refractivity contribution in [1.29, 1.82) is 0 Å². The van der Waals surface area contributed by atoms with Gasteiger partial charge < -0.3 is 15.6 Å². The van der Waals surface area contributed by atoms with E-state index in [1.54, 1.807) is 31.4 Å². The van der Waals surface area contributed by atoms with Gasteiger partial charge in [-0.2, -0.15) is 0 Å². The minimum absolute atomic E-state index is 0.0632. The Morgan fingerprint density at radius 3 is 1.90 bits per heavy atom. The minimum atomic E-state index is -0.895. The molecule has 20 heavy (non-hydrogen) atoms. The van der Waals surface area contributed by atoms with E-state index in [4.69, 9.17) is 15.6 Å². The van der Waals surface area contributed by atoms with Crippen molar-refractivity contribution in [3.63, 3.8) is 0 Å². The molecule has 1 unspecified atom stereocenters. The van der Waals surface area contributed by atoms with E-state index in [0.717, 1.165) is 11.3 Å². The molecule has 3 N–H and O–H groups in total. The van der Waals surface area contributed by atoms with Crippen LogP contribution in [-0.2, 0) is 4.79 Å². The average molecular weight is 273 g/mol. The maximum atomic E-state index is 10.4. The number of hydrogen-bond acceptors (Lipinski definition) is 3. The third-order valence-corrected chi connectivity index (χ3v) is 2.61. The third kappa shape index (κ3) is 6.02. The van der Waals surface area contributed by atoms with Gasteiger partial charge in [0.1, 0.15) is 5.75 Å². The Morgan fingerprint density at radius 1 is 1.10 bits per heavy atom. The van der Waals surface area contributed by atoms with Crippen LogP contribution in [0.1, 0.15) is 18.0 Å². The molecule has 0 bridgehead atoms. The van der Waals surface area contributed by atoms with Gasteiger partial charge in [-0.25, -0.2) is 0 Å². The van der Waals surface area contributed by atoms with Gasteiger partial charge >= 0.3 is 5.97 Å². The van der Waals surface area contributed by atoms with E-state index in [1.165, 1.54) is 0 Å². The second-order valence-corrected chi connectivity index (χ2v) is 4.13. The fourth-order valence-corrected chi connectivity index (χ4v) is 1.54. The molecule has 1 atom stereocenters. The fourth-order valence-electron chi connectivity index (χ4n) is 1.54. The van der Waals surface area contributed by atoms with Crippen molar-refractivity contribution < 1.29 is 14.6 Å². The van der Waals surface area contributed by atoms with Crippen molar-refractivity contribution in [3.05, 3.63) is 66.2 Å².